The number of hydrogen-bond acceptors (Lipinski definition) is 1. The van der Waals surface area contributed by atoms with E-state index in [2.05, 4.69) is 84.9 Å². The predicted octanol–water partition coefficient (Wildman–Crippen LogP) is 4.72. The molecule has 25 heavy (non-hydrogen) atoms. The van der Waals surface area contributed by atoms with Crippen molar-refractivity contribution in [3.8, 4) is 0 Å². The van der Waals surface area contributed by atoms with E-state index in [0.29, 0.717) is 0 Å². The van der Waals surface area contributed by atoms with Crippen LogP contribution in [0, 0.1) is 0 Å². The third-order valence-corrected chi connectivity index (χ3v) is 5.60. The van der Waals surface area contributed by atoms with E-state index < -0.39 is 0 Å². The number of aliphatic hydroxyl groups excluding tert-OH is 1. The molecule has 1 heteroatoms. The number of fused-ring (bicyclic) bond motifs is 1. The molecule has 1 unspecified atom stereocenters. The van der Waals surface area contributed by atoms with Crippen molar-refractivity contribution >= 4 is 0 Å². The molecule has 0 aliphatic heterocycles. The SMILES string of the molecule is OC1CCc2ccccc2C1(Cc1ccccc1)Cc1ccccc1. The van der Waals surface area contributed by atoms with Gasteiger partial charge in [0.15, 0.2) is 0 Å². The van der Waals surface area contributed by atoms with E-state index >= 15 is 0 Å². The quantitative estimate of drug-likeness (QED) is 0.735. The maximum atomic E-state index is 11.2. The maximum Gasteiger partial charge on any atom is 0.0646 e. The van der Waals surface area contributed by atoms with Gasteiger partial charge in [-0.25, -0.2) is 0 Å². The van der Waals surface area contributed by atoms with Crippen molar-refractivity contribution in [3.63, 3.8) is 0 Å². The van der Waals surface area contributed by atoms with Gasteiger partial charge in [0.25, 0.3) is 0 Å². The van der Waals surface area contributed by atoms with E-state index in [1.165, 1.54) is 22.3 Å². The van der Waals surface area contributed by atoms with Gasteiger partial charge < -0.3 is 5.11 Å². The zero-order valence-electron chi connectivity index (χ0n) is 14.4. The van der Waals surface area contributed by atoms with Gasteiger partial charge in [-0.05, 0) is 47.9 Å². The van der Waals surface area contributed by atoms with Crippen LogP contribution < -0.4 is 0 Å². The van der Waals surface area contributed by atoms with Crippen LogP contribution in [0.4, 0.5) is 0 Å². The fraction of sp³-hybridized carbons (Fsp3) is 0.250. The minimum Gasteiger partial charge on any atom is -0.392 e. The zero-order valence-corrected chi connectivity index (χ0v) is 14.4. The normalized spacial score (nSPS) is 18.5. The van der Waals surface area contributed by atoms with Crippen molar-refractivity contribution in [2.45, 2.75) is 37.2 Å². The van der Waals surface area contributed by atoms with Crippen LogP contribution in [0.3, 0.4) is 0 Å². The summed E-state index contributed by atoms with van der Waals surface area (Å²) in [6.07, 6.45) is 3.18. The van der Waals surface area contributed by atoms with E-state index in [4.69, 9.17) is 0 Å². The summed E-state index contributed by atoms with van der Waals surface area (Å²) in [7, 11) is 0. The lowest BCUT2D eigenvalue weighted by Gasteiger charge is -2.44. The highest BCUT2D eigenvalue weighted by atomic mass is 16.3. The molecular weight excluding hydrogens is 304 g/mol. The molecule has 3 aromatic rings. The average Bonchev–Trinajstić information content (AvgIpc) is 2.67. The van der Waals surface area contributed by atoms with E-state index in [1.807, 2.05) is 0 Å². The summed E-state index contributed by atoms with van der Waals surface area (Å²) in [5.41, 5.74) is 5.02. The molecule has 0 spiro atoms. The zero-order chi connectivity index (χ0) is 17.1. The van der Waals surface area contributed by atoms with Crippen LogP contribution in [-0.4, -0.2) is 11.2 Å². The van der Waals surface area contributed by atoms with Crippen LogP contribution in [0.25, 0.3) is 0 Å². The van der Waals surface area contributed by atoms with Crippen LogP contribution in [0.15, 0.2) is 84.9 Å². The molecule has 1 aliphatic rings. The Bertz CT molecular complexity index is 781. The molecule has 0 saturated carbocycles. The Morgan fingerprint density at radius 3 is 1.84 bits per heavy atom. The molecule has 0 bridgehead atoms. The number of hydrogen-bond donors (Lipinski definition) is 1. The lowest BCUT2D eigenvalue weighted by molar-refractivity contribution is 0.0621. The van der Waals surface area contributed by atoms with Crippen LogP contribution in [0.2, 0.25) is 0 Å². The lowest BCUT2D eigenvalue weighted by atomic mass is 9.62. The summed E-state index contributed by atoms with van der Waals surface area (Å²) in [6.45, 7) is 0. The molecule has 0 aromatic heterocycles. The fourth-order valence-electron chi connectivity index (χ4n) is 4.38. The molecule has 126 valence electrons. The van der Waals surface area contributed by atoms with E-state index in [9.17, 15) is 5.11 Å². The maximum absolute atomic E-state index is 11.2. The van der Waals surface area contributed by atoms with Gasteiger partial charge in [-0.15, -0.1) is 0 Å². The summed E-state index contributed by atoms with van der Waals surface area (Å²) in [4.78, 5) is 0. The molecule has 1 N–H and O–H groups in total. The van der Waals surface area contributed by atoms with Crippen molar-refractivity contribution < 1.29 is 5.11 Å². The van der Waals surface area contributed by atoms with Gasteiger partial charge in [-0.3, -0.25) is 0 Å². The second kappa shape index (κ2) is 6.85. The molecule has 1 nitrogen and oxygen atoms in total. The topological polar surface area (TPSA) is 20.2 Å². The highest BCUT2D eigenvalue weighted by Gasteiger charge is 2.43. The molecule has 0 heterocycles. The minimum absolute atomic E-state index is 0.266. The van der Waals surface area contributed by atoms with Crippen LogP contribution >= 0.6 is 0 Å². The van der Waals surface area contributed by atoms with Crippen molar-refractivity contribution in [2.75, 3.05) is 0 Å². The summed E-state index contributed by atoms with van der Waals surface area (Å²) in [5.74, 6) is 0. The molecule has 1 atom stereocenters. The van der Waals surface area contributed by atoms with Gasteiger partial charge in [0, 0.05) is 5.41 Å². The number of aliphatic hydroxyl groups is 1. The first-order chi connectivity index (χ1) is 12.3. The van der Waals surface area contributed by atoms with Gasteiger partial charge in [-0.2, -0.15) is 0 Å². The van der Waals surface area contributed by atoms with Gasteiger partial charge >= 0.3 is 0 Å². The third kappa shape index (κ3) is 3.12. The summed E-state index contributed by atoms with van der Waals surface area (Å²) >= 11 is 0. The number of benzene rings is 3. The summed E-state index contributed by atoms with van der Waals surface area (Å²) in [5, 5.41) is 11.2. The third-order valence-electron chi connectivity index (χ3n) is 5.60. The summed E-state index contributed by atoms with van der Waals surface area (Å²) in [6, 6.07) is 29.9. The van der Waals surface area contributed by atoms with E-state index in [1.54, 1.807) is 0 Å². The molecule has 0 saturated heterocycles. The minimum atomic E-state index is -0.331. The van der Waals surface area contributed by atoms with Crippen molar-refractivity contribution in [2.24, 2.45) is 0 Å². The summed E-state index contributed by atoms with van der Waals surface area (Å²) < 4.78 is 0. The Morgan fingerprint density at radius 2 is 1.24 bits per heavy atom. The van der Waals surface area contributed by atoms with Gasteiger partial charge in [-0.1, -0.05) is 84.9 Å². The number of rotatable bonds is 4. The van der Waals surface area contributed by atoms with Crippen LogP contribution in [0.1, 0.15) is 28.7 Å². The smallest absolute Gasteiger partial charge is 0.0646 e. The van der Waals surface area contributed by atoms with Gasteiger partial charge in [0.05, 0.1) is 6.10 Å². The van der Waals surface area contributed by atoms with Crippen LogP contribution in [0.5, 0.6) is 0 Å². The fourth-order valence-corrected chi connectivity index (χ4v) is 4.38. The largest absolute Gasteiger partial charge is 0.392 e. The Morgan fingerprint density at radius 1 is 0.720 bits per heavy atom. The van der Waals surface area contributed by atoms with Crippen LogP contribution in [-0.2, 0) is 24.7 Å². The molecule has 0 amide bonds. The molecule has 1 aliphatic carbocycles. The first kappa shape index (κ1) is 16.1. The lowest BCUT2D eigenvalue weighted by Crippen LogP contribution is -2.47. The first-order valence-corrected chi connectivity index (χ1v) is 9.12. The van der Waals surface area contributed by atoms with Gasteiger partial charge in [0.2, 0.25) is 0 Å². The Labute approximate surface area is 150 Å². The number of aryl methyl sites for hydroxylation is 1. The second-order valence-corrected chi connectivity index (χ2v) is 7.19. The second-order valence-electron chi connectivity index (χ2n) is 7.19. The molecular formula is C24H24O. The van der Waals surface area contributed by atoms with Crippen molar-refractivity contribution in [3.05, 3.63) is 107 Å². The Hall–Kier alpha value is -2.38. The van der Waals surface area contributed by atoms with Gasteiger partial charge in [0.1, 0.15) is 0 Å². The van der Waals surface area contributed by atoms with E-state index in [-0.39, 0.29) is 11.5 Å². The highest BCUT2D eigenvalue weighted by molar-refractivity contribution is 5.42. The van der Waals surface area contributed by atoms with Crippen molar-refractivity contribution in [1.82, 2.24) is 0 Å². The Balaban J connectivity index is 1.83. The molecule has 4 rings (SSSR count). The molecule has 0 fully saturated rings. The Kier molecular flexibility index (Phi) is 4.42. The van der Waals surface area contributed by atoms with Crippen molar-refractivity contribution in [1.29, 1.82) is 0 Å². The first-order valence-electron chi connectivity index (χ1n) is 9.12. The highest BCUT2D eigenvalue weighted by Crippen LogP contribution is 2.42. The molecule has 0 radical (unpaired) electrons. The molecule has 3 aromatic carbocycles. The predicted molar refractivity (Wildman–Crippen MR) is 103 cm³/mol. The standard InChI is InChI=1S/C24H24O/c25-23-16-15-21-13-7-8-14-22(21)24(23,17-19-9-3-1-4-10-19)18-20-11-5-2-6-12-20/h1-14,23,25H,15-18H2. The average molecular weight is 328 g/mol. The van der Waals surface area contributed by atoms with E-state index in [0.717, 1.165) is 25.7 Å². The monoisotopic (exact) mass is 328 g/mol.